The van der Waals surface area contributed by atoms with E-state index < -0.39 is 0 Å². The minimum absolute atomic E-state index is 0.602. The average Bonchev–Trinajstić information content (AvgIpc) is 3.35. The van der Waals surface area contributed by atoms with Gasteiger partial charge in [-0.1, -0.05) is 6.08 Å². The Morgan fingerprint density at radius 3 is 2.96 bits per heavy atom. The van der Waals surface area contributed by atoms with Crippen LogP contribution in [0.2, 0.25) is 0 Å². The van der Waals surface area contributed by atoms with Crippen LogP contribution in [0.3, 0.4) is 0 Å². The minimum atomic E-state index is 0.602. The predicted molar refractivity (Wildman–Crippen MR) is 103 cm³/mol. The molecule has 2 N–H and O–H groups in total. The van der Waals surface area contributed by atoms with Gasteiger partial charge in [0.1, 0.15) is 5.69 Å². The molecule has 0 unspecified atom stereocenters. The third kappa shape index (κ3) is 2.42. The van der Waals surface area contributed by atoms with Crippen molar-refractivity contribution in [1.29, 1.82) is 0 Å². The number of aromatic amines is 1. The van der Waals surface area contributed by atoms with Gasteiger partial charge in [0.2, 0.25) is 5.88 Å². The van der Waals surface area contributed by atoms with E-state index >= 15 is 0 Å². The number of H-pyrrole nitrogens is 1. The Labute approximate surface area is 152 Å². The molecule has 0 amide bonds. The molecule has 1 fully saturated rings. The third-order valence-corrected chi connectivity index (χ3v) is 5.76. The number of nitrogens with one attached hydrogen (secondary N) is 2. The van der Waals surface area contributed by atoms with E-state index in [-0.39, 0.29) is 0 Å². The first kappa shape index (κ1) is 15.6. The standard InChI is InChI=1S/C21H22N4O/c1-12-5-19-18(9-17(12)14-6-15-10-22-11-16(15)7-14)21(25-24-19)13-3-4-23-20(8-13)26-2/h3-6,8-9,15-16,22H,7,10-11H2,1-2H3,(H,24,25)/t15-,16+/m1/s1. The average molecular weight is 346 g/mol. The maximum atomic E-state index is 5.27. The molecule has 0 bridgehead atoms. The number of aryl methyl sites for hydroxylation is 1. The highest BCUT2D eigenvalue weighted by Crippen LogP contribution is 2.41. The first-order valence-corrected chi connectivity index (χ1v) is 9.14. The van der Waals surface area contributed by atoms with Crippen molar-refractivity contribution in [2.75, 3.05) is 20.2 Å². The Morgan fingerprint density at radius 1 is 1.19 bits per heavy atom. The quantitative estimate of drug-likeness (QED) is 0.761. The van der Waals surface area contributed by atoms with Crippen molar-refractivity contribution < 1.29 is 4.74 Å². The summed E-state index contributed by atoms with van der Waals surface area (Å²) >= 11 is 0. The number of hydrogen-bond donors (Lipinski definition) is 2. The zero-order chi connectivity index (χ0) is 17.7. The van der Waals surface area contributed by atoms with E-state index in [0.717, 1.165) is 41.2 Å². The molecule has 0 radical (unpaired) electrons. The fraction of sp³-hybridized carbons (Fsp3) is 0.333. The van der Waals surface area contributed by atoms with Gasteiger partial charge < -0.3 is 10.1 Å². The van der Waals surface area contributed by atoms with Gasteiger partial charge in [0.05, 0.1) is 12.6 Å². The highest BCUT2D eigenvalue weighted by molar-refractivity contribution is 5.96. The summed E-state index contributed by atoms with van der Waals surface area (Å²) in [4.78, 5) is 4.20. The molecule has 1 aliphatic carbocycles. The van der Waals surface area contributed by atoms with Crippen LogP contribution in [-0.4, -0.2) is 35.4 Å². The summed E-state index contributed by atoms with van der Waals surface area (Å²) in [5.41, 5.74) is 7.18. The second-order valence-electron chi connectivity index (χ2n) is 7.35. The second kappa shape index (κ2) is 5.95. The Morgan fingerprint density at radius 2 is 2.12 bits per heavy atom. The van der Waals surface area contributed by atoms with Gasteiger partial charge in [-0.2, -0.15) is 5.10 Å². The highest BCUT2D eigenvalue weighted by atomic mass is 16.5. The van der Waals surface area contributed by atoms with Crippen molar-refractivity contribution >= 4 is 16.5 Å². The summed E-state index contributed by atoms with van der Waals surface area (Å²) in [6, 6.07) is 8.42. The fourth-order valence-corrected chi connectivity index (χ4v) is 4.39. The molecular formula is C21H22N4O. The van der Waals surface area contributed by atoms with Crippen LogP contribution < -0.4 is 10.1 Å². The zero-order valence-electron chi connectivity index (χ0n) is 15.0. The monoisotopic (exact) mass is 346 g/mol. The molecule has 0 saturated carbocycles. The van der Waals surface area contributed by atoms with Crippen LogP contribution in [0, 0.1) is 18.8 Å². The first-order valence-electron chi connectivity index (χ1n) is 9.14. The molecule has 0 spiro atoms. The predicted octanol–water partition coefficient (Wildman–Crippen LogP) is 3.56. The lowest BCUT2D eigenvalue weighted by Crippen LogP contribution is -2.09. The number of fused-ring (bicyclic) bond motifs is 2. The van der Waals surface area contributed by atoms with Crippen molar-refractivity contribution in [2.45, 2.75) is 13.3 Å². The minimum Gasteiger partial charge on any atom is -0.481 e. The molecule has 2 aliphatic rings. The zero-order valence-corrected chi connectivity index (χ0v) is 15.0. The first-order chi connectivity index (χ1) is 12.7. The smallest absolute Gasteiger partial charge is 0.213 e. The summed E-state index contributed by atoms with van der Waals surface area (Å²) in [5, 5.41) is 12.4. The topological polar surface area (TPSA) is 62.8 Å². The van der Waals surface area contributed by atoms with Crippen LogP contribution >= 0.6 is 0 Å². The van der Waals surface area contributed by atoms with Crippen LogP contribution in [-0.2, 0) is 0 Å². The number of nitrogens with zero attached hydrogens (tertiary/aromatic N) is 2. The normalized spacial score (nSPS) is 21.8. The van der Waals surface area contributed by atoms with Crippen LogP contribution in [0.4, 0.5) is 0 Å². The number of hydrogen-bond acceptors (Lipinski definition) is 4. The maximum Gasteiger partial charge on any atom is 0.213 e. The molecule has 2 aromatic heterocycles. The lowest BCUT2D eigenvalue weighted by atomic mass is 9.94. The molecule has 3 aromatic rings. The van der Waals surface area contributed by atoms with Gasteiger partial charge in [0.15, 0.2) is 0 Å². The van der Waals surface area contributed by atoms with Gasteiger partial charge in [-0.3, -0.25) is 5.10 Å². The number of benzene rings is 1. The van der Waals surface area contributed by atoms with Gasteiger partial charge >= 0.3 is 0 Å². The van der Waals surface area contributed by atoms with E-state index in [0.29, 0.717) is 11.8 Å². The van der Waals surface area contributed by atoms with Gasteiger partial charge in [0, 0.05) is 29.8 Å². The molecule has 1 aliphatic heterocycles. The summed E-state index contributed by atoms with van der Waals surface area (Å²) in [6.45, 7) is 4.45. The van der Waals surface area contributed by atoms with Crippen molar-refractivity contribution in [1.82, 2.24) is 20.5 Å². The van der Waals surface area contributed by atoms with Gasteiger partial charge in [-0.15, -0.1) is 0 Å². The van der Waals surface area contributed by atoms with E-state index in [9.17, 15) is 0 Å². The molecule has 132 valence electrons. The fourth-order valence-electron chi connectivity index (χ4n) is 4.39. The SMILES string of the molecule is COc1cc(-c2n[nH]c3cc(C)c(C4=C[C@@H]5CNC[C@@H]5C4)cc23)ccn1. The molecule has 1 aromatic carbocycles. The van der Waals surface area contributed by atoms with E-state index in [2.05, 4.69) is 45.6 Å². The molecule has 26 heavy (non-hydrogen) atoms. The molecule has 5 heteroatoms. The second-order valence-corrected chi connectivity index (χ2v) is 7.35. The van der Waals surface area contributed by atoms with Crippen LogP contribution in [0.25, 0.3) is 27.7 Å². The molecule has 5 rings (SSSR count). The maximum absolute atomic E-state index is 5.27. The number of allylic oxidation sites excluding steroid dienone is 1. The summed E-state index contributed by atoms with van der Waals surface area (Å²) in [6.07, 6.45) is 5.41. The lowest BCUT2D eigenvalue weighted by Gasteiger charge is -2.10. The summed E-state index contributed by atoms with van der Waals surface area (Å²) < 4.78 is 5.27. The summed E-state index contributed by atoms with van der Waals surface area (Å²) in [7, 11) is 1.63. The van der Waals surface area contributed by atoms with Crippen molar-refractivity contribution in [3.05, 3.63) is 47.7 Å². The van der Waals surface area contributed by atoms with E-state index in [1.807, 2.05) is 12.1 Å². The lowest BCUT2D eigenvalue weighted by molar-refractivity contribution is 0.398. The van der Waals surface area contributed by atoms with Crippen molar-refractivity contribution in [2.24, 2.45) is 11.8 Å². The highest BCUT2D eigenvalue weighted by Gasteiger charge is 2.32. The largest absolute Gasteiger partial charge is 0.481 e. The van der Waals surface area contributed by atoms with Crippen LogP contribution in [0.1, 0.15) is 17.5 Å². The van der Waals surface area contributed by atoms with E-state index in [1.54, 1.807) is 13.3 Å². The van der Waals surface area contributed by atoms with Crippen molar-refractivity contribution in [3.63, 3.8) is 0 Å². The Balaban J connectivity index is 1.62. The van der Waals surface area contributed by atoms with E-state index in [1.165, 1.54) is 23.1 Å². The number of aromatic nitrogens is 3. The number of methoxy groups -OCH3 is 1. The van der Waals surface area contributed by atoms with Crippen molar-refractivity contribution in [3.8, 4) is 17.1 Å². The van der Waals surface area contributed by atoms with E-state index in [4.69, 9.17) is 4.74 Å². The van der Waals surface area contributed by atoms with Crippen LogP contribution in [0.15, 0.2) is 36.5 Å². The Kier molecular flexibility index (Phi) is 3.57. The molecular weight excluding hydrogens is 324 g/mol. The van der Waals surface area contributed by atoms with Crippen LogP contribution in [0.5, 0.6) is 5.88 Å². The molecule has 1 saturated heterocycles. The Bertz CT molecular complexity index is 1020. The number of rotatable bonds is 3. The summed E-state index contributed by atoms with van der Waals surface area (Å²) in [5.74, 6) is 2.05. The Hall–Kier alpha value is -2.66. The van der Waals surface area contributed by atoms with Gasteiger partial charge in [0.25, 0.3) is 0 Å². The number of pyridine rings is 1. The molecule has 2 atom stereocenters. The molecule has 3 heterocycles. The van der Waals surface area contributed by atoms with Gasteiger partial charge in [-0.05, 0) is 66.6 Å². The number of ether oxygens (including phenoxy) is 1. The molecule has 5 nitrogen and oxygen atoms in total. The third-order valence-electron chi connectivity index (χ3n) is 5.76. The van der Waals surface area contributed by atoms with Gasteiger partial charge in [-0.25, -0.2) is 4.98 Å².